The van der Waals surface area contributed by atoms with E-state index in [0.29, 0.717) is 0 Å². The van der Waals surface area contributed by atoms with Crippen molar-refractivity contribution in [1.82, 2.24) is 0 Å². The molecule has 0 bridgehead atoms. The van der Waals surface area contributed by atoms with Crippen LogP contribution >= 0.6 is 0 Å². The van der Waals surface area contributed by atoms with Crippen LogP contribution < -0.4 is 0 Å². The minimum Gasteiger partial charge on any atom is -0.390 e. The molecule has 0 radical (unpaired) electrons. The Balaban J connectivity index is 3.16. The zero-order valence-electron chi connectivity index (χ0n) is 7.02. The largest absolute Gasteiger partial charge is 0.390 e. The molecule has 13 heavy (non-hydrogen) atoms. The van der Waals surface area contributed by atoms with E-state index >= 15 is 0 Å². The van der Waals surface area contributed by atoms with Gasteiger partial charge in [-0.05, 0) is 30.7 Å². The average molecular weight is 190 g/mol. The summed E-state index contributed by atoms with van der Waals surface area (Å²) in [5.74, 6) is -3.85. The molecule has 1 N–H and O–H groups in total. The molecule has 0 aromatic heterocycles. The molecule has 0 amide bonds. The van der Waals surface area contributed by atoms with Gasteiger partial charge >= 0.3 is 0 Å². The fraction of sp³-hybridized carbons (Fsp3) is 0.333. The second-order valence-corrected chi connectivity index (χ2v) is 2.82. The van der Waals surface area contributed by atoms with Gasteiger partial charge in [0.15, 0.2) is 0 Å². The van der Waals surface area contributed by atoms with E-state index in [1.165, 1.54) is 6.92 Å². The Hall–Kier alpha value is -1.03. The standard InChI is InChI=1S/C9H9F3O/c1-6-4-7(10)2-3-8(6)9(11,12)5-13/h2-4,13H,5H2,1H3. The molecular weight excluding hydrogens is 181 g/mol. The molecule has 0 aliphatic carbocycles. The highest BCUT2D eigenvalue weighted by atomic mass is 19.3. The maximum atomic E-state index is 12.9. The lowest BCUT2D eigenvalue weighted by atomic mass is 10.0. The number of rotatable bonds is 2. The lowest BCUT2D eigenvalue weighted by molar-refractivity contribution is -0.0561. The molecule has 1 aromatic carbocycles. The van der Waals surface area contributed by atoms with Crippen molar-refractivity contribution in [3.8, 4) is 0 Å². The number of alkyl halides is 2. The predicted molar refractivity (Wildman–Crippen MR) is 42.1 cm³/mol. The Morgan fingerprint density at radius 1 is 1.38 bits per heavy atom. The van der Waals surface area contributed by atoms with E-state index in [1.54, 1.807) is 0 Å². The van der Waals surface area contributed by atoms with Crippen LogP contribution in [0.25, 0.3) is 0 Å². The zero-order valence-corrected chi connectivity index (χ0v) is 7.02. The molecule has 1 rings (SSSR count). The molecule has 0 fully saturated rings. The molecule has 1 nitrogen and oxygen atoms in total. The van der Waals surface area contributed by atoms with Crippen molar-refractivity contribution in [2.24, 2.45) is 0 Å². The molecule has 0 heterocycles. The third-order valence-corrected chi connectivity index (χ3v) is 1.78. The van der Waals surface area contributed by atoms with Gasteiger partial charge in [-0.25, -0.2) is 4.39 Å². The Kier molecular flexibility index (Phi) is 2.61. The van der Waals surface area contributed by atoms with Crippen LogP contribution in [0.3, 0.4) is 0 Å². The van der Waals surface area contributed by atoms with Gasteiger partial charge in [0.25, 0.3) is 5.92 Å². The van der Waals surface area contributed by atoms with Crippen molar-refractivity contribution in [2.75, 3.05) is 6.61 Å². The van der Waals surface area contributed by atoms with Gasteiger partial charge in [-0.15, -0.1) is 0 Å². The molecule has 0 unspecified atom stereocenters. The quantitative estimate of drug-likeness (QED) is 0.758. The first kappa shape index (κ1) is 10.1. The summed E-state index contributed by atoms with van der Waals surface area (Å²) >= 11 is 0. The molecule has 0 atom stereocenters. The van der Waals surface area contributed by atoms with Crippen LogP contribution in [-0.2, 0) is 5.92 Å². The number of aryl methyl sites for hydroxylation is 1. The van der Waals surface area contributed by atoms with Gasteiger partial charge in [0, 0.05) is 5.56 Å². The number of benzene rings is 1. The lowest BCUT2D eigenvalue weighted by Crippen LogP contribution is -2.19. The summed E-state index contributed by atoms with van der Waals surface area (Å²) in [5.41, 5.74) is -0.199. The Bertz CT molecular complexity index is 310. The van der Waals surface area contributed by atoms with Crippen LogP contribution in [-0.4, -0.2) is 11.7 Å². The number of aliphatic hydroxyl groups excluding tert-OH is 1. The van der Waals surface area contributed by atoms with Crippen LogP contribution in [0.2, 0.25) is 0 Å². The first-order chi connectivity index (χ1) is 5.97. The van der Waals surface area contributed by atoms with E-state index in [1.807, 2.05) is 0 Å². The summed E-state index contributed by atoms with van der Waals surface area (Å²) < 4.78 is 38.3. The van der Waals surface area contributed by atoms with Gasteiger partial charge < -0.3 is 5.11 Å². The maximum Gasteiger partial charge on any atom is 0.296 e. The number of hydrogen-bond donors (Lipinski definition) is 1. The highest BCUT2D eigenvalue weighted by Gasteiger charge is 2.31. The highest BCUT2D eigenvalue weighted by Crippen LogP contribution is 2.29. The topological polar surface area (TPSA) is 20.2 Å². The first-order valence-electron chi connectivity index (χ1n) is 3.72. The van der Waals surface area contributed by atoms with Crippen LogP contribution in [0.1, 0.15) is 11.1 Å². The van der Waals surface area contributed by atoms with E-state index in [9.17, 15) is 13.2 Å². The summed E-state index contributed by atoms with van der Waals surface area (Å²) in [5, 5.41) is 8.40. The zero-order chi connectivity index (χ0) is 10.1. The molecule has 4 heteroatoms. The summed E-state index contributed by atoms with van der Waals surface area (Å²) in [4.78, 5) is 0. The third-order valence-electron chi connectivity index (χ3n) is 1.78. The molecule has 0 aliphatic rings. The number of aliphatic hydroxyl groups is 1. The fourth-order valence-electron chi connectivity index (χ4n) is 1.12. The third kappa shape index (κ3) is 2.01. The Labute approximate surface area is 73.8 Å². The molecule has 0 saturated heterocycles. The molecule has 0 spiro atoms. The minimum absolute atomic E-state index is 0.138. The summed E-state index contributed by atoms with van der Waals surface area (Å²) in [6.45, 7) is 0.113. The predicted octanol–water partition coefficient (Wildman–Crippen LogP) is 2.22. The van der Waals surface area contributed by atoms with Crippen molar-refractivity contribution in [3.05, 3.63) is 35.1 Å². The smallest absolute Gasteiger partial charge is 0.296 e. The van der Waals surface area contributed by atoms with E-state index in [-0.39, 0.29) is 11.1 Å². The first-order valence-corrected chi connectivity index (χ1v) is 3.72. The molecule has 0 saturated carbocycles. The SMILES string of the molecule is Cc1cc(F)ccc1C(F)(F)CO. The normalized spacial score (nSPS) is 11.8. The van der Waals surface area contributed by atoms with Crippen molar-refractivity contribution in [2.45, 2.75) is 12.8 Å². The van der Waals surface area contributed by atoms with Gasteiger partial charge in [-0.3, -0.25) is 0 Å². The number of hydrogen-bond acceptors (Lipinski definition) is 1. The van der Waals surface area contributed by atoms with Crippen molar-refractivity contribution in [3.63, 3.8) is 0 Å². The maximum absolute atomic E-state index is 12.9. The molecular formula is C9H9F3O. The van der Waals surface area contributed by atoms with Crippen molar-refractivity contribution >= 4 is 0 Å². The van der Waals surface area contributed by atoms with Crippen LogP contribution in [0, 0.1) is 12.7 Å². The van der Waals surface area contributed by atoms with E-state index in [4.69, 9.17) is 5.11 Å². The van der Waals surface area contributed by atoms with Crippen molar-refractivity contribution in [1.29, 1.82) is 0 Å². The fourth-order valence-corrected chi connectivity index (χ4v) is 1.12. The minimum atomic E-state index is -3.29. The summed E-state index contributed by atoms with van der Waals surface area (Å²) in [7, 11) is 0. The van der Waals surface area contributed by atoms with E-state index < -0.39 is 18.3 Å². The molecule has 1 aromatic rings. The van der Waals surface area contributed by atoms with Crippen LogP contribution in [0.15, 0.2) is 18.2 Å². The molecule has 0 aliphatic heterocycles. The Morgan fingerprint density at radius 3 is 2.46 bits per heavy atom. The van der Waals surface area contributed by atoms with Gasteiger partial charge in [0.05, 0.1) is 0 Å². The number of halogens is 3. The van der Waals surface area contributed by atoms with Crippen molar-refractivity contribution < 1.29 is 18.3 Å². The van der Waals surface area contributed by atoms with E-state index in [0.717, 1.165) is 18.2 Å². The average Bonchev–Trinajstić information content (AvgIpc) is 2.03. The van der Waals surface area contributed by atoms with Gasteiger partial charge in [0.1, 0.15) is 12.4 Å². The lowest BCUT2D eigenvalue weighted by Gasteiger charge is -2.15. The summed E-state index contributed by atoms with van der Waals surface area (Å²) in [6, 6.07) is 2.95. The highest BCUT2D eigenvalue weighted by molar-refractivity contribution is 5.30. The van der Waals surface area contributed by atoms with Gasteiger partial charge in [-0.2, -0.15) is 8.78 Å². The van der Waals surface area contributed by atoms with Crippen LogP contribution in [0.4, 0.5) is 13.2 Å². The van der Waals surface area contributed by atoms with Gasteiger partial charge in [-0.1, -0.05) is 0 Å². The second-order valence-electron chi connectivity index (χ2n) is 2.82. The van der Waals surface area contributed by atoms with E-state index in [2.05, 4.69) is 0 Å². The molecule has 72 valence electrons. The second kappa shape index (κ2) is 3.38. The van der Waals surface area contributed by atoms with Crippen LogP contribution in [0.5, 0.6) is 0 Å². The van der Waals surface area contributed by atoms with Gasteiger partial charge in [0.2, 0.25) is 0 Å². The Morgan fingerprint density at radius 2 is 2.00 bits per heavy atom. The summed E-state index contributed by atoms with van der Waals surface area (Å²) in [6.07, 6.45) is 0. The monoisotopic (exact) mass is 190 g/mol.